The first-order valence-electron chi connectivity index (χ1n) is 13.4. The highest BCUT2D eigenvalue weighted by Crippen LogP contribution is 2.38. The standard InChI is InChI=1S/C30H32F3N7OS/c1-19(2)25-7-5-6-8-26(25)39-20(3)18-42-29(39)37-35-17-21-9-11-22(12-10-21)27-36-28(34-4)40(38-27)23-13-15-24(16-14-23)41-30(31,32)33/h5-16,18-19,29,35,37H,17H2,1-4H3,(H,34,36,38). The number of hydrazine groups is 1. The van der Waals surface area contributed by atoms with Crippen LogP contribution in [0.4, 0.5) is 24.8 Å². The van der Waals surface area contributed by atoms with Gasteiger partial charge >= 0.3 is 6.36 Å². The number of nitrogens with one attached hydrogen (secondary N) is 3. The van der Waals surface area contributed by atoms with Crippen LogP contribution in [0.3, 0.4) is 0 Å². The third kappa shape index (κ3) is 6.72. The van der Waals surface area contributed by atoms with Crippen molar-refractivity contribution in [2.24, 2.45) is 0 Å². The van der Waals surface area contributed by atoms with Crippen molar-refractivity contribution in [3.63, 3.8) is 0 Å². The van der Waals surface area contributed by atoms with E-state index in [-0.39, 0.29) is 11.2 Å². The van der Waals surface area contributed by atoms with Gasteiger partial charge in [-0.25, -0.2) is 5.43 Å². The van der Waals surface area contributed by atoms with E-state index in [1.165, 1.54) is 45.9 Å². The van der Waals surface area contributed by atoms with Gasteiger partial charge in [-0.2, -0.15) is 9.67 Å². The first-order chi connectivity index (χ1) is 20.1. The van der Waals surface area contributed by atoms with Crippen LogP contribution in [0.15, 0.2) is 83.9 Å². The Balaban J connectivity index is 1.23. The molecule has 0 spiro atoms. The molecule has 8 nitrogen and oxygen atoms in total. The van der Waals surface area contributed by atoms with E-state index >= 15 is 0 Å². The Hall–Kier alpha value is -4.00. The molecule has 2 heterocycles. The topological polar surface area (TPSA) is 79.3 Å². The summed E-state index contributed by atoms with van der Waals surface area (Å²) in [6.07, 6.45) is -4.75. The van der Waals surface area contributed by atoms with E-state index in [1.54, 1.807) is 18.8 Å². The van der Waals surface area contributed by atoms with Gasteiger partial charge in [-0.1, -0.05) is 68.1 Å². The summed E-state index contributed by atoms with van der Waals surface area (Å²) < 4.78 is 43.0. The number of ether oxygens (including phenoxy) is 1. The van der Waals surface area contributed by atoms with Crippen LogP contribution in [0.5, 0.6) is 5.75 Å². The van der Waals surface area contributed by atoms with Gasteiger partial charge in [0, 0.05) is 30.5 Å². The number of aromatic nitrogens is 3. The monoisotopic (exact) mass is 595 g/mol. The van der Waals surface area contributed by atoms with Crippen LogP contribution in [-0.4, -0.2) is 33.7 Å². The maximum atomic E-state index is 12.5. The first kappa shape index (κ1) is 29.5. The number of allylic oxidation sites excluding steroid dienone is 1. The second-order valence-electron chi connectivity index (χ2n) is 9.99. The molecule has 0 fully saturated rings. The van der Waals surface area contributed by atoms with Gasteiger partial charge in [-0.15, -0.1) is 18.3 Å². The zero-order chi connectivity index (χ0) is 29.9. The zero-order valence-electron chi connectivity index (χ0n) is 23.6. The number of benzene rings is 3. The predicted molar refractivity (Wildman–Crippen MR) is 161 cm³/mol. The number of hydrogen-bond donors (Lipinski definition) is 3. The Bertz CT molecular complexity index is 1540. The number of nitrogens with zero attached hydrogens (tertiary/aromatic N) is 4. The van der Waals surface area contributed by atoms with E-state index in [2.05, 4.69) is 86.3 Å². The van der Waals surface area contributed by atoms with E-state index in [0.717, 1.165) is 11.1 Å². The van der Waals surface area contributed by atoms with E-state index < -0.39 is 6.36 Å². The average molecular weight is 596 g/mol. The molecular formula is C30H32F3N7OS. The molecule has 0 radical (unpaired) electrons. The lowest BCUT2D eigenvalue weighted by atomic mass is 10.0. The minimum Gasteiger partial charge on any atom is -0.406 e. The zero-order valence-corrected chi connectivity index (χ0v) is 24.4. The maximum Gasteiger partial charge on any atom is 0.573 e. The van der Waals surface area contributed by atoms with Crippen LogP contribution in [0, 0.1) is 0 Å². The summed E-state index contributed by atoms with van der Waals surface area (Å²) in [6, 6.07) is 21.9. The van der Waals surface area contributed by atoms with Crippen molar-refractivity contribution in [3.05, 3.63) is 95.0 Å². The largest absolute Gasteiger partial charge is 0.573 e. The number of halogens is 3. The number of thioether (sulfide) groups is 1. The van der Waals surface area contributed by atoms with E-state index in [4.69, 9.17) is 0 Å². The summed E-state index contributed by atoms with van der Waals surface area (Å²) in [5, 5.41) is 9.72. The number of rotatable bonds is 10. The SMILES string of the molecule is CNc1nc(-c2ccc(CNNC3SC=C(C)N3c3ccccc3C(C)C)cc2)nn1-c1ccc(OC(F)(F)F)cc1. The predicted octanol–water partition coefficient (Wildman–Crippen LogP) is 6.99. The fourth-order valence-corrected chi connectivity index (χ4v) is 5.65. The lowest BCUT2D eigenvalue weighted by Gasteiger charge is -2.31. The van der Waals surface area contributed by atoms with Crippen LogP contribution in [0.2, 0.25) is 0 Å². The first-order valence-corrected chi connectivity index (χ1v) is 14.4. The molecular weight excluding hydrogens is 563 g/mol. The minimum atomic E-state index is -4.75. The van der Waals surface area contributed by atoms with Gasteiger partial charge in [0.25, 0.3) is 0 Å². The lowest BCUT2D eigenvalue weighted by molar-refractivity contribution is -0.274. The minimum absolute atomic E-state index is 0.0198. The Kier molecular flexibility index (Phi) is 8.76. The molecule has 0 aliphatic carbocycles. The van der Waals surface area contributed by atoms with Gasteiger partial charge in [0.15, 0.2) is 5.82 Å². The highest BCUT2D eigenvalue weighted by atomic mass is 32.2. The molecule has 1 unspecified atom stereocenters. The summed E-state index contributed by atoms with van der Waals surface area (Å²) in [4.78, 5) is 6.87. The summed E-state index contributed by atoms with van der Waals surface area (Å²) in [7, 11) is 1.70. The molecule has 4 aromatic rings. The molecule has 1 aliphatic heterocycles. The van der Waals surface area contributed by atoms with Crippen molar-refractivity contribution < 1.29 is 17.9 Å². The van der Waals surface area contributed by atoms with Crippen molar-refractivity contribution in [2.45, 2.75) is 45.1 Å². The second-order valence-corrected chi connectivity index (χ2v) is 10.9. The van der Waals surface area contributed by atoms with Crippen molar-refractivity contribution >= 4 is 23.4 Å². The number of para-hydroxylation sites is 1. The second kappa shape index (κ2) is 12.5. The molecule has 1 atom stereocenters. The molecule has 0 saturated carbocycles. The highest BCUT2D eigenvalue weighted by Gasteiger charge is 2.31. The van der Waals surface area contributed by atoms with Crippen LogP contribution in [0.25, 0.3) is 17.1 Å². The van der Waals surface area contributed by atoms with Gasteiger partial charge in [0.05, 0.1) is 5.69 Å². The Morgan fingerprint density at radius 1 is 1.00 bits per heavy atom. The van der Waals surface area contributed by atoms with E-state index in [1.807, 2.05) is 24.3 Å². The maximum absolute atomic E-state index is 12.5. The smallest absolute Gasteiger partial charge is 0.406 e. The summed E-state index contributed by atoms with van der Waals surface area (Å²) >= 11 is 1.72. The number of hydrogen-bond acceptors (Lipinski definition) is 8. The van der Waals surface area contributed by atoms with E-state index in [9.17, 15) is 13.2 Å². The van der Waals surface area contributed by atoms with Gasteiger partial charge in [-0.3, -0.25) is 5.43 Å². The van der Waals surface area contributed by atoms with Crippen molar-refractivity contribution in [3.8, 4) is 22.8 Å². The molecule has 1 aliphatic rings. The molecule has 42 heavy (non-hydrogen) atoms. The molecule has 3 aromatic carbocycles. The molecule has 12 heteroatoms. The van der Waals surface area contributed by atoms with Gasteiger partial charge < -0.3 is 15.0 Å². The van der Waals surface area contributed by atoms with Gasteiger partial charge in [0.1, 0.15) is 11.2 Å². The lowest BCUT2D eigenvalue weighted by Crippen LogP contribution is -2.47. The third-order valence-electron chi connectivity index (χ3n) is 6.68. The van der Waals surface area contributed by atoms with E-state index in [0.29, 0.717) is 29.9 Å². The molecule has 220 valence electrons. The normalized spacial score (nSPS) is 15.3. The van der Waals surface area contributed by atoms with Crippen molar-refractivity contribution in [2.75, 3.05) is 17.3 Å². The summed E-state index contributed by atoms with van der Waals surface area (Å²) in [5.41, 5.74) is 13.0. The molecule has 0 bridgehead atoms. The number of anilines is 2. The summed E-state index contributed by atoms with van der Waals surface area (Å²) in [6.45, 7) is 7.14. The van der Waals surface area contributed by atoms with Gasteiger partial charge in [0.2, 0.25) is 5.95 Å². The van der Waals surface area contributed by atoms with Crippen LogP contribution < -0.4 is 25.8 Å². The molecule has 0 saturated heterocycles. The van der Waals surface area contributed by atoms with Crippen LogP contribution in [0.1, 0.15) is 37.8 Å². The Labute approximate surface area is 246 Å². The quantitative estimate of drug-likeness (QED) is 0.169. The number of alkyl halides is 3. The van der Waals surface area contributed by atoms with Crippen LogP contribution in [-0.2, 0) is 6.54 Å². The van der Waals surface area contributed by atoms with Crippen molar-refractivity contribution in [1.82, 2.24) is 25.6 Å². The van der Waals surface area contributed by atoms with Crippen molar-refractivity contribution in [1.29, 1.82) is 0 Å². The molecule has 0 amide bonds. The molecule has 1 aromatic heterocycles. The third-order valence-corrected chi connectivity index (χ3v) is 7.74. The summed E-state index contributed by atoms with van der Waals surface area (Å²) in [5.74, 6) is 1.04. The highest BCUT2D eigenvalue weighted by molar-refractivity contribution is 8.03. The van der Waals surface area contributed by atoms with Crippen LogP contribution >= 0.6 is 11.8 Å². The average Bonchev–Trinajstić information content (AvgIpc) is 3.56. The fraction of sp³-hybridized carbons (Fsp3) is 0.267. The Morgan fingerprint density at radius 3 is 2.38 bits per heavy atom. The molecule has 5 rings (SSSR count). The van der Waals surface area contributed by atoms with Gasteiger partial charge in [-0.05, 0) is 59.7 Å². The fourth-order valence-electron chi connectivity index (χ4n) is 4.65. The molecule has 3 N–H and O–H groups in total. The Morgan fingerprint density at radius 2 is 1.71 bits per heavy atom.